The first-order valence-corrected chi connectivity index (χ1v) is 7.77. The number of hydrogen-bond acceptors (Lipinski definition) is 4. The van der Waals surface area contributed by atoms with E-state index in [0.717, 1.165) is 4.47 Å². The molecule has 0 aromatic heterocycles. The third-order valence-electron chi connectivity index (χ3n) is 3.18. The zero-order chi connectivity index (χ0) is 17.5. The average molecular weight is 387 g/mol. The van der Waals surface area contributed by atoms with Gasteiger partial charge in [-0.15, -0.1) is 0 Å². The summed E-state index contributed by atoms with van der Waals surface area (Å²) in [5, 5.41) is 12.0. The zero-order valence-corrected chi connectivity index (χ0v) is 14.8. The molecule has 0 aliphatic rings. The van der Waals surface area contributed by atoms with Crippen LogP contribution in [0.25, 0.3) is 6.08 Å². The highest BCUT2D eigenvalue weighted by Gasteiger charge is 2.12. The van der Waals surface area contributed by atoms with Crippen molar-refractivity contribution in [1.29, 1.82) is 5.26 Å². The topological polar surface area (TPSA) is 71.3 Å². The maximum Gasteiger partial charge on any atom is 0.266 e. The molecule has 6 heteroatoms. The SMILES string of the molecule is COc1cccc(NC(=O)/C(C#N)=C/c2cc(Br)ccc2OC)c1. The van der Waals surface area contributed by atoms with Crippen LogP contribution in [0.2, 0.25) is 0 Å². The molecule has 0 aliphatic carbocycles. The van der Waals surface area contributed by atoms with Crippen molar-refractivity contribution >= 4 is 33.6 Å². The van der Waals surface area contributed by atoms with Gasteiger partial charge in [-0.2, -0.15) is 5.26 Å². The second kappa shape index (κ2) is 8.18. The summed E-state index contributed by atoms with van der Waals surface area (Å²) in [6, 6.07) is 14.2. The number of nitrogens with zero attached hydrogens (tertiary/aromatic N) is 1. The van der Waals surface area contributed by atoms with Crippen LogP contribution >= 0.6 is 15.9 Å². The highest BCUT2D eigenvalue weighted by molar-refractivity contribution is 9.10. The average Bonchev–Trinajstić information content (AvgIpc) is 2.59. The van der Waals surface area contributed by atoms with Crippen LogP contribution in [0.5, 0.6) is 11.5 Å². The summed E-state index contributed by atoms with van der Waals surface area (Å²) in [6.45, 7) is 0. The van der Waals surface area contributed by atoms with Gasteiger partial charge in [0.05, 0.1) is 14.2 Å². The van der Waals surface area contributed by atoms with Crippen molar-refractivity contribution in [1.82, 2.24) is 0 Å². The largest absolute Gasteiger partial charge is 0.497 e. The lowest BCUT2D eigenvalue weighted by Gasteiger charge is -2.08. The fourth-order valence-corrected chi connectivity index (χ4v) is 2.40. The Morgan fingerprint density at radius 3 is 2.67 bits per heavy atom. The molecular formula is C18H15BrN2O3. The summed E-state index contributed by atoms with van der Waals surface area (Å²) < 4.78 is 11.2. The Labute approximate surface area is 148 Å². The van der Waals surface area contributed by atoms with E-state index in [-0.39, 0.29) is 5.57 Å². The number of amides is 1. The molecule has 24 heavy (non-hydrogen) atoms. The molecule has 0 heterocycles. The lowest BCUT2D eigenvalue weighted by molar-refractivity contribution is -0.112. The Hall–Kier alpha value is -2.78. The molecule has 122 valence electrons. The Kier molecular flexibility index (Phi) is 5.99. The third-order valence-corrected chi connectivity index (χ3v) is 3.68. The van der Waals surface area contributed by atoms with Crippen LogP contribution in [-0.2, 0) is 4.79 Å². The minimum atomic E-state index is -0.507. The maximum absolute atomic E-state index is 12.3. The number of hydrogen-bond donors (Lipinski definition) is 1. The van der Waals surface area contributed by atoms with Gasteiger partial charge in [-0.3, -0.25) is 4.79 Å². The second-order valence-corrected chi connectivity index (χ2v) is 5.66. The minimum absolute atomic E-state index is 0.0331. The van der Waals surface area contributed by atoms with E-state index in [1.807, 2.05) is 12.1 Å². The first-order chi connectivity index (χ1) is 11.6. The molecule has 0 bridgehead atoms. The van der Waals surface area contributed by atoms with E-state index < -0.39 is 5.91 Å². The quantitative estimate of drug-likeness (QED) is 0.622. The van der Waals surface area contributed by atoms with Crippen LogP contribution in [0.4, 0.5) is 5.69 Å². The van der Waals surface area contributed by atoms with Gasteiger partial charge in [-0.05, 0) is 36.4 Å². The van der Waals surface area contributed by atoms with Crippen molar-refractivity contribution in [2.75, 3.05) is 19.5 Å². The molecule has 0 fully saturated rings. The molecule has 0 unspecified atom stereocenters. The summed E-state index contributed by atoms with van der Waals surface area (Å²) in [6.07, 6.45) is 1.49. The number of halogens is 1. The van der Waals surface area contributed by atoms with Gasteiger partial charge in [0.2, 0.25) is 0 Å². The predicted molar refractivity (Wildman–Crippen MR) is 95.9 cm³/mol. The first kappa shape index (κ1) is 17.6. The van der Waals surface area contributed by atoms with Gasteiger partial charge in [0.15, 0.2) is 0 Å². The molecule has 0 saturated carbocycles. The second-order valence-electron chi connectivity index (χ2n) is 4.74. The normalized spacial score (nSPS) is 10.7. The molecule has 5 nitrogen and oxygen atoms in total. The van der Waals surface area contributed by atoms with Crippen LogP contribution in [0.15, 0.2) is 52.5 Å². The predicted octanol–water partition coefficient (Wildman–Crippen LogP) is 4.01. The van der Waals surface area contributed by atoms with Gasteiger partial charge in [0.1, 0.15) is 23.1 Å². The summed E-state index contributed by atoms with van der Waals surface area (Å²) in [4.78, 5) is 12.3. The number of nitriles is 1. The van der Waals surface area contributed by atoms with Gasteiger partial charge >= 0.3 is 0 Å². The van der Waals surface area contributed by atoms with Gasteiger partial charge in [-0.25, -0.2) is 0 Å². The van der Waals surface area contributed by atoms with Crippen molar-refractivity contribution in [3.8, 4) is 17.6 Å². The van der Waals surface area contributed by atoms with E-state index in [2.05, 4.69) is 21.2 Å². The van der Waals surface area contributed by atoms with E-state index in [9.17, 15) is 10.1 Å². The number of anilines is 1. The van der Waals surface area contributed by atoms with Crippen LogP contribution in [0.1, 0.15) is 5.56 Å². The number of carbonyl (C=O) groups excluding carboxylic acids is 1. The smallest absolute Gasteiger partial charge is 0.266 e. The Morgan fingerprint density at radius 2 is 2.00 bits per heavy atom. The molecule has 2 aromatic carbocycles. The summed E-state index contributed by atoms with van der Waals surface area (Å²) in [5.74, 6) is 0.678. The molecule has 0 aliphatic heterocycles. The number of rotatable bonds is 5. The monoisotopic (exact) mass is 386 g/mol. The van der Waals surface area contributed by atoms with Gasteiger partial charge in [-0.1, -0.05) is 22.0 Å². The Morgan fingerprint density at radius 1 is 1.21 bits per heavy atom. The van der Waals surface area contributed by atoms with Crippen molar-refractivity contribution in [2.45, 2.75) is 0 Å². The van der Waals surface area contributed by atoms with Gasteiger partial charge in [0, 0.05) is 21.8 Å². The number of nitrogens with one attached hydrogen (secondary N) is 1. The number of carbonyl (C=O) groups is 1. The fraction of sp³-hybridized carbons (Fsp3) is 0.111. The molecular weight excluding hydrogens is 372 g/mol. The summed E-state index contributed by atoms with van der Waals surface area (Å²) in [7, 11) is 3.07. The van der Waals surface area contributed by atoms with Crippen LogP contribution < -0.4 is 14.8 Å². The number of methoxy groups -OCH3 is 2. The first-order valence-electron chi connectivity index (χ1n) is 6.98. The molecule has 2 rings (SSSR count). The summed E-state index contributed by atoms with van der Waals surface area (Å²) >= 11 is 3.36. The molecule has 2 aromatic rings. The number of ether oxygens (including phenoxy) is 2. The third kappa shape index (κ3) is 4.37. The highest BCUT2D eigenvalue weighted by atomic mass is 79.9. The summed E-state index contributed by atoms with van der Waals surface area (Å²) in [5.41, 5.74) is 1.14. The highest BCUT2D eigenvalue weighted by Crippen LogP contribution is 2.25. The van der Waals surface area contributed by atoms with E-state index in [1.165, 1.54) is 13.2 Å². The van der Waals surface area contributed by atoms with Gasteiger partial charge in [0.25, 0.3) is 5.91 Å². The van der Waals surface area contributed by atoms with E-state index >= 15 is 0 Å². The lowest BCUT2D eigenvalue weighted by atomic mass is 10.1. The van der Waals surface area contributed by atoms with Crippen molar-refractivity contribution < 1.29 is 14.3 Å². The van der Waals surface area contributed by atoms with Crippen LogP contribution in [0, 0.1) is 11.3 Å². The molecule has 0 atom stereocenters. The van der Waals surface area contributed by atoms with Crippen LogP contribution in [-0.4, -0.2) is 20.1 Å². The van der Waals surface area contributed by atoms with E-state index in [4.69, 9.17) is 9.47 Å². The molecule has 1 N–H and O–H groups in total. The maximum atomic E-state index is 12.3. The van der Waals surface area contributed by atoms with Crippen molar-refractivity contribution in [2.24, 2.45) is 0 Å². The van der Waals surface area contributed by atoms with Crippen molar-refractivity contribution in [3.63, 3.8) is 0 Å². The lowest BCUT2D eigenvalue weighted by Crippen LogP contribution is -2.13. The Balaban J connectivity index is 2.29. The number of benzene rings is 2. The molecule has 0 radical (unpaired) electrons. The molecule has 0 saturated heterocycles. The Bertz CT molecular complexity index is 825. The minimum Gasteiger partial charge on any atom is -0.497 e. The zero-order valence-electron chi connectivity index (χ0n) is 13.2. The van der Waals surface area contributed by atoms with E-state index in [1.54, 1.807) is 43.5 Å². The van der Waals surface area contributed by atoms with Crippen molar-refractivity contribution in [3.05, 3.63) is 58.1 Å². The van der Waals surface area contributed by atoms with E-state index in [0.29, 0.717) is 22.7 Å². The molecule has 1 amide bonds. The standard InChI is InChI=1S/C18H15BrN2O3/c1-23-16-5-3-4-15(10-16)21-18(22)13(11-20)8-12-9-14(19)6-7-17(12)24-2/h3-10H,1-2H3,(H,21,22)/b13-8+. The van der Waals surface area contributed by atoms with Crippen LogP contribution in [0.3, 0.4) is 0 Å². The molecule has 0 spiro atoms. The van der Waals surface area contributed by atoms with Gasteiger partial charge < -0.3 is 14.8 Å². The fourth-order valence-electron chi connectivity index (χ4n) is 2.02.